The molecule has 142 valence electrons. The van der Waals surface area contributed by atoms with Gasteiger partial charge in [0, 0.05) is 29.8 Å². The smallest absolute Gasteiger partial charge is 0.274 e. The number of benzene rings is 1. The number of amides is 1. The lowest BCUT2D eigenvalue weighted by molar-refractivity contribution is 0.102. The average Bonchev–Trinajstić information content (AvgIpc) is 3.29. The summed E-state index contributed by atoms with van der Waals surface area (Å²) in [7, 11) is 0. The number of hydrogen-bond acceptors (Lipinski definition) is 3. The first-order valence-electron chi connectivity index (χ1n) is 9.40. The van der Waals surface area contributed by atoms with Crippen molar-refractivity contribution in [1.82, 2.24) is 18.8 Å². The molecule has 4 aromatic heterocycles. The van der Waals surface area contributed by atoms with Crippen molar-refractivity contribution in [2.75, 3.05) is 5.32 Å². The topological polar surface area (TPSA) is 63.7 Å². The monoisotopic (exact) mass is 381 g/mol. The van der Waals surface area contributed by atoms with Crippen molar-refractivity contribution in [2.45, 2.75) is 13.8 Å². The van der Waals surface area contributed by atoms with Gasteiger partial charge < -0.3 is 9.72 Å². The van der Waals surface area contributed by atoms with Crippen LogP contribution in [0.25, 0.3) is 22.6 Å². The van der Waals surface area contributed by atoms with Crippen LogP contribution in [0.1, 0.15) is 21.7 Å². The number of carbonyl (C=O) groups is 1. The molecule has 0 aliphatic rings. The fourth-order valence-electron chi connectivity index (χ4n) is 3.56. The highest BCUT2D eigenvalue weighted by atomic mass is 16.2. The minimum atomic E-state index is -0.184. The molecule has 4 heterocycles. The molecule has 0 saturated carbocycles. The molecule has 1 aromatic carbocycles. The van der Waals surface area contributed by atoms with Crippen LogP contribution in [-0.4, -0.2) is 24.7 Å². The van der Waals surface area contributed by atoms with E-state index in [-0.39, 0.29) is 5.91 Å². The largest absolute Gasteiger partial charge is 0.320 e. The lowest BCUT2D eigenvalue weighted by Crippen LogP contribution is -2.16. The maximum Gasteiger partial charge on any atom is 0.274 e. The molecule has 5 rings (SSSR count). The van der Waals surface area contributed by atoms with Crippen molar-refractivity contribution in [2.24, 2.45) is 0 Å². The van der Waals surface area contributed by atoms with Crippen LogP contribution in [0.15, 0.2) is 73.2 Å². The van der Waals surface area contributed by atoms with Gasteiger partial charge in [0.05, 0.1) is 11.4 Å². The number of nitrogens with one attached hydrogen (secondary N) is 1. The van der Waals surface area contributed by atoms with Gasteiger partial charge in [0.2, 0.25) is 0 Å². The standard InChI is InChI=1S/C23H19N5O/c1-15-9-10-17(19-14-27-11-5-3-7-20(27)25-19)13-18(15)26-23(29)22-16(2)24-21-8-4-6-12-28(21)22/h3-14H,1-2H3,(H,26,29). The third-order valence-electron chi connectivity index (χ3n) is 5.06. The molecule has 0 atom stereocenters. The normalized spacial score (nSPS) is 11.2. The molecular formula is C23H19N5O. The number of anilines is 1. The van der Waals surface area contributed by atoms with Crippen LogP contribution in [0.4, 0.5) is 5.69 Å². The summed E-state index contributed by atoms with van der Waals surface area (Å²) in [5, 5.41) is 3.06. The zero-order valence-electron chi connectivity index (χ0n) is 16.1. The Kier molecular flexibility index (Phi) is 3.91. The number of nitrogens with zero attached hydrogens (tertiary/aromatic N) is 4. The summed E-state index contributed by atoms with van der Waals surface area (Å²) in [5.74, 6) is -0.184. The highest BCUT2D eigenvalue weighted by molar-refractivity contribution is 6.05. The Balaban J connectivity index is 1.52. The highest BCUT2D eigenvalue weighted by Crippen LogP contribution is 2.26. The van der Waals surface area contributed by atoms with Gasteiger partial charge in [0.15, 0.2) is 0 Å². The highest BCUT2D eigenvalue weighted by Gasteiger charge is 2.17. The Morgan fingerprint density at radius 2 is 1.72 bits per heavy atom. The third-order valence-corrected chi connectivity index (χ3v) is 5.06. The molecule has 0 radical (unpaired) electrons. The maximum atomic E-state index is 13.1. The summed E-state index contributed by atoms with van der Waals surface area (Å²) in [5.41, 5.74) is 6.43. The Morgan fingerprint density at radius 3 is 2.55 bits per heavy atom. The van der Waals surface area contributed by atoms with Crippen LogP contribution in [-0.2, 0) is 0 Å². The molecule has 1 N–H and O–H groups in total. The van der Waals surface area contributed by atoms with E-state index in [1.165, 1.54) is 0 Å². The second-order valence-electron chi connectivity index (χ2n) is 7.05. The van der Waals surface area contributed by atoms with Gasteiger partial charge in [-0.15, -0.1) is 0 Å². The fraction of sp³-hybridized carbons (Fsp3) is 0.0870. The molecule has 6 nitrogen and oxygen atoms in total. The van der Waals surface area contributed by atoms with Crippen molar-refractivity contribution >= 4 is 22.9 Å². The molecular weight excluding hydrogens is 362 g/mol. The molecule has 0 bridgehead atoms. The summed E-state index contributed by atoms with van der Waals surface area (Å²) < 4.78 is 3.79. The first kappa shape index (κ1) is 17.2. The van der Waals surface area contributed by atoms with Crippen LogP contribution in [0.3, 0.4) is 0 Å². The van der Waals surface area contributed by atoms with Gasteiger partial charge in [-0.05, 0) is 49.7 Å². The van der Waals surface area contributed by atoms with Gasteiger partial charge in [-0.3, -0.25) is 9.20 Å². The molecule has 0 spiro atoms. The summed E-state index contributed by atoms with van der Waals surface area (Å²) >= 11 is 0. The van der Waals surface area contributed by atoms with E-state index >= 15 is 0 Å². The second-order valence-corrected chi connectivity index (χ2v) is 7.05. The van der Waals surface area contributed by atoms with Crippen LogP contribution in [0, 0.1) is 13.8 Å². The quantitative estimate of drug-likeness (QED) is 0.500. The number of rotatable bonds is 3. The van der Waals surface area contributed by atoms with E-state index in [9.17, 15) is 4.79 Å². The van der Waals surface area contributed by atoms with Crippen LogP contribution in [0.2, 0.25) is 0 Å². The molecule has 0 aliphatic heterocycles. The van der Waals surface area contributed by atoms with Crippen molar-refractivity contribution in [3.05, 3.63) is 90.1 Å². The summed E-state index contributed by atoms with van der Waals surface area (Å²) in [6.07, 6.45) is 5.81. The summed E-state index contributed by atoms with van der Waals surface area (Å²) in [6, 6.07) is 17.6. The Hall–Kier alpha value is -3.93. The summed E-state index contributed by atoms with van der Waals surface area (Å²) in [4.78, 5) is 22.2. The molecule has 5 aromatic rings. The van der Waals surface area contributed by atoms with E-state index in [0.717, 1.165) is 33.8 Å². The average molecular weight is 381 g/mol. The Labute approximate surface area is 167 Å². The number of carbonyl (C=O) groups excluding carboxylic acids is 1. The zero-order valence-corrected chi connectivity index (χ0v) is 16.1. The van der Waals surface area contributed by atoms with E-state index in [2.05, 4.69) is 15.3 Å². The molecule has 29 heavy (non-hydrogen) atoms. The second kappa shape index (κ2) is 6.60. The van der Waals surface area contributed by atoms with Gasteiger partial charge in [0.25, 0.3) is 5.91 Å². The van der Waals surface area contributed by atoms with Crippen LogP contribution in [0.5, 0.6) is 0 Å². The Bertz CT molecular complexity index is 1350. The minimum Gasteiger partial charge on any atom is -0.320 e. The SMILES string of the molecule is Cc1ccc(-c2cn3ccccc3n2)cc1NC(=O)c1c(C)nc2ccccn12. The number of fused-ring (bicyclic) bond motifs is 2. The number of aromatic nitrogens is 4. The maximum absolute atomic E-state index is 13.1. The van der Waals surface area contributed by atoms with E-state index in [0.29, 0.717) is 11.4 Å². The molecule has 0 unspecified atom stereocenters. The molecule has 1 amide bonds. The van der Waals surface area contributed by atoms with E-state index in [4.69, 9.17) is 0 Å². The molecule has 0 saturated heterocycles. The third kappa shape index (κ3) is 2.95. The van der Waals surface area contributed by atoms with Crippen molar-refractivity contribution in [1.29, 1.82) is 0 Å². The van der Waals surface area contributed by atoms with Gasteiger partial charge in [-0.2, -0.15) is 0 Å². The summed E-state index contributed by atoms with van der Waals surface area (Å²) in [6.45, 7) is 3.83. The minimum absolute atomic E-state index is 0.184. The van der Waals surface area contributed by atoms with E-state index in [1.54, 1.807) is 0 Å². The molecule has 0 fully saturated rings. The molecule has 6 heteroatoms. The first-order valence-corrected chi connectivity index (χ1v) is 9.40. The Morgan fingerprint density at radius 1 is 0.931 bits per heavy atom. The zero-order chi connectivity index (χ0) is 20.0. The lowest BCUT2D eigenvalue weighted by Gasteiger charge is -2.10. The van der Waals surface area contributed by atoms with Gasteiger partial charge in [-0.25, -0.2) is 9.97 Å². The number of pyridine rings is 2. The van der Waals surface area contributed by atoms with E-state index < -0.39 is 0 Å². The fourth-order valence-corrected chi connectivity index (χ4v) is 3.56. The van der Waals surface area contributed by atoms with Gasteiger partial charge in [-0.1, -0.05) is 24.3 Å². The number of hydrogen-bond donors (Lipinski definition) is 1. The number of aryl methyl sites for hydroxylation is 2. The van der Waals surface area contributed by atoms with Gasteiger partial charge in [0.1, 0.15) is 17.0 Å². The van der Waals surface area contributed by atoms with Crippen molar-refractivity contribution in [3.8, 4) is 11.3 Å². The van der Waals surface area contributed by atoms with Crippen molar-refractivity contribution < 1.29 is 4.79 Å². The molecule has 0 aliphatic carbocycles. The van der Waals surface area contributed by atoms with Crippen molar-refractivity contribution in [3.63, 3.8) is 0 Å². The first-order chi connectivity index (χ1) is 14.1. The number of imidazole rings is 2. The van der Waals surface area contributed by atoms with E-state index in [1.807, 2.05) is 95.8 Å². The van der Waals surface area contributed by atoms with Crippen LogP contribution >= 0.6 is 0 Å². The van der Waals surface area contributed by atoms with Gasteiger partial charge >= 0.3 is 0 Å². The lowest BCUT2D eigenvalue weighted by atomic mass is 10.1. The predicted molar refractivity (Wildman–Crippen MR) is 113 cm³/mol. The van der Waals surface area contributed by atoms with Crippen LogP contribution < -0.4 is 5.32 Å². The predicted octanol–water partition coefficient (Wildman–Crippen LogP) is 4.52.